The molecule has 3 rings (SSSR count). The van der Waals surface area contributed by atoms with Crippen molar-refractivity contribution in [3.05, 3.63) is 51.8 Å². The zero-order valence-electron chi connectivity index (χ0n) is 13.6. The highest BCUT2D eigenvalue weighted by Crippen LogP contribution is 2.19. The van der Waals surface area contributed by atoms with E-state index in [1.165, 1.54) is 24.4 Å². The number of anilines is 2. The highest BCUT2D eigenvalue weighted by atomic mass is 16.6. The van der Waals surface area contributed by atoms with Crippen LogP contribution in [0.1, 0.15) is 16.1 Å². The molecule has 1 N–H and O–H groups in total. The Morgan fingerprint density at radius 1 is 1.36 bits per heavy atom. The van der Waals surface area contributed by atoms with Crippen LogP contribution in [0.5, 0.6) is 0 Å². The Labute approximate surface area is 143 Å². The number of ether oxygens (including phenoxy) is 1. The van der Waals surface area contributed by atoms with Crippen LogP contribution in [0.4, 0.5) is 17.3 Å². The summed E-state index contributed by atoms with van der Waals surface area (Å²) >= 11 is 0. The second-order valence-corrected chi connectivity index (χ2v) is 5.53. The largest absolute Gasteiger partial charge is 0.378 e. The third-order valence-corrected chi connectivity index (χ3v) is 3.82. The lowest BCUT2D eigenvalue weighted by Crippen LogP contribution is -2.37. The molecule has 25 heavy (non-hydrogen) atoms. The number of nitro benzene ring substituents is 1. The van der Waals surface area contributed by atoms with Crippen LogP contribution in [0.2, 0.25) is 0 Å². The Hall–Kier alpha value is -3.07. The first-order valence-electron chi connectivity index (χ1n) is 7.77. The van der Waals surface area contributed by atoms with E-state index >= 15 is 0 Å². The highest BCUT2D eigenvalue weighted by molar-refractivity contribution is 6.05. The smallest absolute Gasteiger partial charge is 0.271 e. The van der Waals surface area contributed by atoms with Gasteiger partial charge in [0.2, 0.25) is 5.95 Å². The first kappa shape index (κ1) is 16.8. The molecule has 0 unspecified atom stereocenters. The number of carbonyl (C=O) groups is 1. The summed E-state index contributed by atoms with van der Waals surface area (Å²) in [5, 5.41) is 13.4. The van der Waals surface area contributed by atoms with Crippen LogP contribution in [-0.2, 0) is 4.74 Å². The third-order valence-electron chi connectivity index (χ3n) is 3.82. The van der Waals surface area contributed by atoms with E-state index in [1.54, 1.807) is 13.0 Å². The molecule has 1 aliphatic rings. The van der Waals surface area contributed by atoms with Crippen molar-refractivity contribution >= 4 is 23.2 Å². The molecule has 130 valence electrons. The Balaban J connectivity index is 1.76. The number of benzene rings is 1. The van der Waals surface area contributed by atoms with Gasteiger partial charge in [-0.3, -0.25) is 14.9 Å². The van der Waals surface area contributed by atoms with Gasteiger partial charge in [0.05, 0.1) is 29.4 Å². The van der Waals surface area contributed by atoms with Crippen LogP contribution in [-0.4, -0.2) is 47.1 Å². The van der Waals surface area contributed by atoms with Crippen LogP contribution >= 0.6 is 0 Å². The predicted molar refractivity (Wildman–Crippen MR) is 90.9 cm³/mol. The van der Waals surface area contributed by atoms with Crippen molar-refractivity contribution < 1.29 is 14.5 Å². The lowest BCUT2D eigenvalue weighted by molar-refractivity contribution is -0.384. The van der Waals surface area contributed by atoms with Gasteiger partial charge in [0.1, 0.15) is 0 Å². The van der Waals surface area contributed by atoms with Gasteiger partial charge in [-0.25, -0.2) is 9.97 Å². The summed E-state index contributed by atoms with van der Waals surface area (Å²) in [6, 6.07) is 5.76. The molecule has 1 aromatic heterocycles. The molecule has 0 bridgehead atoms. The molecule has 2 aromatic rings. The number of rotatable bonds is 4. The van der Waals surface area contributed by atoms with Crippen molar-refractivity contribution in [3.8, 4) is 0 Å². The lowest BCUT2D eigenvalue weighted by atomic mass is 10.2. The topological polar surface area (TPSA) is 110 Å². The monoisotopic (exact) mass is 343 g/mol. The number of nitrogens with zero attached hydrogens (tertiary/aromatic N) is 4. The molecule has 0 radical (unpaired) electrons. The van der Waals surface area contributed by atoms with Gasteiger partial charge in [0.25, 0.3) is 11.6 Å². The number of nitrogens with one attached hydrogen (secondary N) is 1. The molecule has 0 atom stereocenters. The Bertz CT molecular complexity index is 805. The van der Waals surface area contributed by atoms with Crippen LogP contribution < -0.4 is 10.2 Å². The van der Waals surface area contributed by atoms with Crippen LogP contribution in [0.25, 0.3) is 0 Å². The minimum Gasteiger partial charge on any atom is -0.378 e. The SMILES string of the molecule is Cc1nc(N2CCOCC2)ncc1C(=O)Nc1cccc([N+](=O)[O-])c1. The van der Waals surface area contributed by atoms with E-state index in [0.29, 0.717) is 49.2 Å². The van der Waals surface area contributed by atoms with Crippen LogP contribution in [0.3, 0.4) is 0 Å². The van der Waals surface area contributed by atoms with Crippen molar-refractivity contribution in [2.24, 2.45) is 0 Å². The summed E-state index contributed by atoms with van der Waals surface area (Å²) in [6.45, 7) is 4.39. The van der Waals surface area contributed by atoms with Gasteiger partial charge in [0.15, 0.2) is 0 Å². The minimum atomic E-state index is -0.513. The van der Waals surface area contributed by atoms with Crippen molar-refractivity contribution in [3.63, 3.8) is 0 Å². The lowest BCUT2D eigenvalue weighted by Gasteiger charge is -2.27. The molecule has 1 amide bonds. The summed E-state index contributed by atoms with van der Waals surface area (Å²) in [5.41, 5.74) is 1.12. The number of carbonyl (C=O) groups excluding carboxylic acids is 1. The number of non-ortho nitro benzene ring substituents is 1. The van der Waals surface area contributed by atoms with Gasteiger partial charge in [-0.05, 0) is 13.0 Å². The molecule has 9 heteroatoms. The number of amides is 1. The second-order valence-electron chi connectivity index (χ2n) is 5.53. The Kier molecular flexibility index (Phi) is 4.85. The summed E-state index contributed by atoms with van der Waals surface area (Å²) in [4.78, 5) is 33.4. The van der Waals surface area contributed by atoms with E-state index in [4.69, 9.17) is 4.74 Å². The van der Waals surface area contributed by atoms with Crippen molar-refractivity contribution in [1.82, 2.24) is 9.97 Å². The van der Waals surface area contributed by atoms with Crippen molar-refractivity contribution in [2.45, 2.75) is 6.92 Å². The maximum atomic E-state index is 12.4. The van der Waals surface area contributed by atoms with Gasteiger partial charge >= 0.3 is 0 Å². The van der Waals surface area contributed by atoms with E-state index in [1.807, 2.05) is 4.90 Å². The van der Waals surface area contributed by atoms with Crippen molar-refractivity contribution in [1.29, 1.82) is 0 Å². The molecule has 1 fully saturated rings. The first-order chi connectivity index (χ1) is 12.0. The minimum absolute atomic E-state index is 0.0894. The number of aryl methyl sites for hydroxylation is 1. The average molecular weight is 343 g/mol. The first-order valence-corrected chi connectivity index (χ1v) is 7.77. The second kappa shape index (κ2) is 7.22. The van der Waals surface area contributed by atoms with E-state index in [9.17, 15) is 14.9 Å². The molecule has 0 spiro atoms. The molecular formula is C16H17N5O4. The maximum Gasteiger partial charge on any atom is 0.271 e. The fourth-order valence-electron chi connectivity index (χ4n) is 2.49. The van der Waals surface area contributed by atoms with Crippen LogP contribution in [0.15, 0.2) is 30.5 Å². The van der Waals surface area contributed by atoms with Gasteiger partial charge in [-0.2, -0.15) is 0 Å². The van der Waals surface area contributed by atoms with Gasteiger partial charge < -0.3 is 15.0 Å². The standard InChI is InChI=1S/C16H17N5O4/c1-11-14(10-17-16(18-11)20-5-7-25-8-6-20)15(22)19-12-3-2-4-13(9-12)21(23)24/h2-4,9-10H,5-8H2,1H3,(H,19,22). The predicted octanol–water partition coefficient (Wildman–Crippen LogP) is 1.78. The van der Waals surface area contributed by atoms with E-state index in [2.05, 4.69) is 15.3 Å². The zero-order chi connectivity index (χ0) is 17.8. The molecular weight excluding hydrogens is 326 g/mol. The zero-order valence-corrected chi connectivity index (χ0v) is 13.6. The molecule has 2 heterocycles. The summed E-state index contributed by atoms with van der Waals surface area (Å²) in [6.07, 6.45) is 1.47. The number of aromatic nitrogens is 2. The van der Waals surface area contributed by atoms with Crippen LogP contribution in [0, 0.1) is 17.0 Å². The molecule has 0 saturated carbocycles. The van der Waals surface area contributed by atoms with Gasteiger partial charge in [-0.15, -0.1) is 0 Å². The highest BCUT2D eigenvalue weighted by Gasteiger charge is 2.18. The van der Waals surface area contributed by atoms with Crippen molar-refractivity contribution in [2.75, 3.05) is 36.5 Å². The Morgan fingerprint density at radius 3 is 2.80 bits per heavy atom. The fraction of sp³-hybridized carbons (Fsp3) is 0.312. The van der Waals surface area contributed by atoms with E-state index in [0.717, 1.165) is 0 Å². The van der Waals surface area contributed by atoms with E-state index in [-0.39, 0.29) is 5.69 Å². The summed E-state index contributed by atoms with van der Waals surface area (Å²) in [5.74, 6) is 0.152. The molecule has 1 aromatic carbocycles. The maximum absolute atomic E-state index is 12.4. The molecule has 9 nitrogen and oxygen atoms in total. The molecule has 1 saturated heterocycles. The normalized spacial score (nSPS) is 14.2. The fourth-order valence-corrected chi connectivity index (χ4v) is 2.49. The van der Waals surface area contributed by atoms with E-state index < -0.39 is 10.8 Å². The van der Waals surface area contributed by atoms with Gasteiger partial charge in [-0.1, -0.05) is 6.07 Å². The third kappa shape index (κ3) is 3.89. The van der Waals surface area contributed by atoms with Gasteiger partial charge in [0, 0.05) is 37.1 Å². The number of nitro groups is 1. The molecule has 1 aliphatic heterocycles. The number of hydrogen-bond donors (Lipinski definition) is 1. The Morgan fingerprint density at radius 2 is 2.12 bits per heavy atom. The molecule has 0 aliphatic carbocycles. The number of hydrogen-bond acceptors (Lipinski definition) is 7. The number of morpholine rings is 1. The summed E-state index contributed by atoms with van der Waals surface area (Å²) in [7, 11) is 0. The quantitative estimate of drug-likeness (QED) is 0.665. The average Bonchev–Trinajstić information content (AvgIpc) is 2.62. The summed E-state index contributed by atoms with van der Waals surface area (Å²) < 4.78 is 5.30.